The Morgan fingerprint density at radius 1 is 1.10 bits per heavy atom. The number of nitrogens with zero attached hydrogens (tertiary/aromatic N) is 1. The molecule has 2 aliphatic rings. The number of likely N-dealkylation sites (tertiary alicyclic amines) is 1. The molecule has 0 N–H and O–H groups in total. The summed E-state index contributed by atoms with van der Waals surface area (Å²) in [6.45, 7) is 2.36. The van der Waals surface area contributed by atoms with Crippen molar-refractivity contribution in [3.8, 4) is 0 Å². The van der Waals surface area contributed by atoms with Gasteiger partial charge in [-0.15, -0.1) is 0 Å². The Labute approximate surface area is 122 Å². The Bertz CT molecular complexity index is 442. The van der Waals surface area contributed by atoms with Crippen molar-refractivity contribution in [2.45, 2.75) is 51.0 Å². The fraction of sp³-hybridized carbons (Fsp3) is 0.611. The van der Waals surface area contributed by atoms with Crippen LogP contribution in [-0.2, 0) is 0 Å². The summed E-state index contributed by atoms with van der Waals surface area (Å²) in [5.74, 6) is 1.25. The normalized spacial score (nSPS) is 26.4. The lowest BCUT2D eigenvalue weighted by atomic mass is 9.91. The highest BCUT2D eigenvalue weighted by molar-refractivity contribution is 5.95. The molecular weight excluding hydrogens is 246 g/mol. The highest BCUT2D eigenvalue weighted by Crippen LogP contribution is 2.36. The number of carbonyl (C=O) groups excluding carboxylic acids is 1. The van der Waals surface area contributed by atoms with Gasteiger partial charge in [-0.25, -0.2) is 0 Å². The SMILES string of the molecule is O=C(CCCN1CCCC2CCCC21)c1ccccc1. The van der Waals surface area contributed by atoms with E-state index in [1.807, 2.05) is 30.3 Å². The molecule has 1 aliphatic heterocycles. The number of Topliss-reactive ketones (excluding diaryl/α,β-unsaturated/α-hetero) is 1. The van der Waals surface area contributed by atoms with Crippen LogP contribution in [0.1, 0.15) is 55.3 Å². The van der Waals surface area contributed by atoms with Crippen molar-refractivity contribution >= 4 is 5.78 Å². The molecule has 1 aliphatic carbocycles. The van der Waals surface area contributed by atoms with Gasteiger partial charge in [0, 0.05) is 18.0 Å². The van der Waals surface area contributed by atoms with Gasteiger partial charge in [0.05, 0.1) is 0 Å². The van der Waals surface area contributed by atoms with Crippen LogP contribution in [0.15, 0.2) is 30.3 Å². The van der Waals surface area contributed by atoms with Gasteiger partial charge < -0.3 is 4.90 Å². The molecule has 2 atom stereocenters. The number of hydrogen-bond acceptors (Lipinski definition) is 2. The second kappa shape index (κ2) is 6.53. The van der Waals surface area contributed by atoms with Crippen molar-refractivity contribution in [2.75, 3.05) is 13.1 Å². The summed E-state index contributed by atoms with van der Waals surface area (Å²) in [7, 11) is 0. The van der Waals surface area contributed by atoms with E-state index >= 15 is 0 Å². The third-order valence-corrected chi connectivity index (χ3v) is 5.05. The van der Waals surface area contributed by atoms with Crippen molar-refractivity contribution < 1.29 is 4.79 Å². The summed E-state index contributed by atoms with van der Waals surface area (Å²) in [5, 5.41) is 0. The molecular formula is C18H25NO. The zero-order chi connectivity index (χ0) is 13.8. The van der Waals surface area contributed by atoms with Gasteiger partial charge in [0.1, 0.15) is 0 Å². The van der Waals surface area contributed by atoms with E-state index in [-0.39, 0.29) is 0 Å². The quantitative estimate of drug-likeness (QED) is 0.757. The van der Waals surface area contributed by atoms with Gasteiger partial charge >= 0.3 is 0 Å². The minimum absolute atomic E-state index is 0.297. The number of ketones is 1. The number of benzene rings is 1. The van der Waals surface area contributed by atoms with Crippen molar-refractivity contribution in [3.63, 3.8) is 0 Å². The fourth-order valence-electron chi connectivity index (χ4n) is 4.05. The molecule has 1 aromatic rings. The molecule has 0 spiro atoms. The summed E-state index contributed by atoms with van der Waals surface area (Å²) in [6.07, 6.45) is 8.73. The molecule has 1 heterocycles. The smallest absolute Gasteiger partial charge is 0.162 e. The first-order valence-corrected chi connectivity index (χ1v) is 8.17. The van der Waals surface area contributed by atoms with Crippen LogP contribution in [0.5, 0.6) is 0 Å². The van der Waals surface area contributed by atoms with Gasteiger partial charge in [0.15, 0.2) is 5.78 Å². The van der Waals surface area contributed by atoms with Crippen LogP contribution >= 0.6 is 0 Å². The van der Waals surface area contributed by atoms with Gasteiger partial charge in [-0.05, 0) is 51.1 Å². The molecule has 20 heavy (non-hydrogen) atoms. The summed E-state index contributed by atoms with van der Waals surface area (Å²) in [5.41, 5.74) is 0.866. The first kappa shape index (κ1) is 13.8. The Kier molecular flexibility index (Phi) is 4.51. The third-order valence-electron chi connectivity index (χ3n) is 5.05. The van der Waals surface area contributed by atoms with E-state index < -0.39 is 0 Å². The molecule has 2 nitrogen and oxygen atoms in total. The van der Waals surface area contributed by atoms with Crippen LogP contribution in [0, 0.1) is 5.92 Å². The number of hydrogen-bond donors (Lipinski definition) is 0. The molecule has 0 bridgehead atoms. The Balaban J connectivity index is 1.46. The summed E-state index contributed by atoms with van der Waals surface area (Å²) >= 11 is 0. The topological polar surface area (TPSA) is 20.3 Å². The molecule has 108 valence electrons. The van der Waals surface area contributed by atoms with E-state index in [9.17, 15) is 4.79 Å². The zero-order valence-electron chi connectivity index (χ0n) is 12.3. The van der Waals surface area contributed by atoms with Crippen LogP contribution in [0.25, 0.3) is 0 Å². The molecule has 2 unspecified atom stereocenters. The highest BCUT2D eigenvalue weighted by atomic mass is 16.1. The van der Waals surface area contributed by atoms with Crippen LogP contribution < -0.4 is 0 Å². The van der Waals surface area contributed by atoms with Crippen molar-refractivity contribution in [2.24, 2.45) is 5.92 Å². The van der Waals surface area contributed by atoms with Gasteiger partial charge in [-0.2, -0.15) is 0 Å². The molecule has 2 fully saturated rings. The highest BCUT2D eigenvalue weighted by Gasteiger charge is 2.34. The van der Waals surface area contributed by atoms with Gasteiger partial charge in [-0.1, -0.05) is 36.8 Å². The van der Waals surface area contributed by atoms with Crippen LogP contribution in [0.2, 0.25) is 0 Å². The molecule has 1 saturated carbocycles. The molecule has 1 aromatic carbocycles. The molecule has 3 rings (SSSR count). The molecule has 0 amide bonds. The van der Waals surface area contributed by atoms with Gasteiger partial charge in [0.2, 0.25) is 0 Å². The van der Waals surface area contributed by atoms with Gasteiger partial charge in [0.25, 0.3) is 0 Å². The average molecular weight is 271 g/mol. The van der Waals surface area contributed by atoms with E-state index in [0.29, 0.717) is 12.2 Å². The van der Waals surface area contributed by atoms with E-state index in [1.165, 1.54) is 38.6 Å². The number of fused-ring (bicyclic) bond motifs is 1. The van der Waals surface area contributed by atoms with E-state index in [2.05, 4.69) is 4.90 Å². The summed E-state index contributed by atoms with van der Waals surface area (Å²) in [6, 6.07) is 10.5. The van der Waals surface area contributed by atoms with E-state index in [1.54, 1.807) is 0 Å². The number of rotatable bonds is 5. The minimum Gasteiger partial charge on any atom is -0.300 e. The maximum Gasteiger partial charge on any atom is 0.162 e. The second-order valence-electron chi connectivity index (χ2n) is 6.33. The first-order valence-electron chi connectivity index (χ1n) is 8.17. The molecule has 1 saturated heterocycles. The third kappa shape index (κ3) is 3.12. The lowest BCUT2D eigenvalue weighted by Crippen LogP contribution is -2.43. The fourth-order valence-corrected chi connectivity index (χ4v) is 4.05. The zero-order valence-corrected chi connectivity index (χ0v) is 12.3. The Morgan fingerprint density at radius 2 is 1.90 bits per heavy atom. The second-order valence-corrected chi connectivity index (χ2v) is 6.33. The lowest BCUT2D eigenvalue weighted by molar-refractivity contribution is 0.0933. The number of carbonyl (C=O) groups is 1. The summed E-state index contributed by atoms with van der Waals surface area (Å²) < 4.78 is 0. The Morgan fingerprint density at radius 3 is 2.75 bits per heavy atom. The summed E-state index contributed by atoms with van der Waals surface area (Å²) in [4.78, 5) is 14.8. The predicted molar refractivity (Wildman–Crippen MR) is 81.9 cm³/mol. The minimum atomic E-state index is 0.297. The van der Waals surface area contributed by atoms with Crippen LogP contribution in [-0.4, -0.2) is 29.8 Å². The van der Waals surface area contributed by atoms with Crippen LogP contribution in [0.3, 0.4) is 0 Å². The van der Waals surface area contributed by atoms with Crippen LogP contribution in [0.4, 0.5) is 0 Å². The molecule has 0 radical (unpaired) electrons. The largest absolute Gasteiger partial charge is 0.300 e. The lowest BCUT2D eigenvalue weighted by Gasteiger charge is -2.37. The average Bonchev–Trinajstić information content (AvgIpc) is 2.97. The molecule has 2 heteroatoms. The van der Waals surface area contributed by atoms with E-state index in [4.69, 9.17) is 0 Å². The van der Waals surface area contributed by atoms with Gasteiger partial charge in [-0.3, -0.25) is 4.79 Å². The van der Waals surface area contributed by atoms with Crippen molar-refractivity contribution in [1.29, 1.82) is 0 Å². The standard InChI is InChI=1S/C18H25NO/c20-18(16-7-2-1-3-8-16)12-6-14-19-13-5-10-15-9-4-11-17(15)19/h1-3,7-8,15,17H,4-6,9-14H2. The predicted octanol–water partition coefficient (Wildman–Crippen LogP) is 3.91. The first-order chi connectivity index (χ1) is 9.84. The van der Waals surface area contributed by atoms with Crippen molar-refractivity contribution in [3.05, 3.63) is 35.9 Å². The Hall–Kier alpha value is -1.15. The molecule has 0 aromatic heterocycles. The van der Waals surface area contributed by atoms with E-state index in [0.717, 1.165) is 30.5 Å². The maximum absolute atomic E-state index is 12.1. The maximum atomic E-state index is 12.1. The van der Waals surface area contributed by atoms with Crippen molar-refractivity contribution in [1.82, 2.24) is 4.90 Å². The number of piperidine rings is 1. The monoisotopic (exact) mass is 271 g/mol.